The van der Waals surface area contributed by atoms with E-state index in [9.17, 15) is 9.46 Å². The van der Waals surface area contributed by atoms with Crippen molar-refractivity contribution in [3.05, 3.63) is 12.7 Å². The van der Waals surface area contributed by atoms with Gasteiger partial charge in [0.1, 0.15) is 18.2 Å². The zero-order valence-corrected chi connectivity index (χ0v) is 27.1. The molecular weight excluding hydrogens is 561 g/mol. The third-order valence-corrected chi connectivity index (χ3v) is 12.7. The van der Waals surface area contributed by atoms with Crippen molar-refractivity contribution in [1.82, 2.24) is 19.5 Å². The summed E-state index contributed by atoms with van der Waals surface area (Å²) < 4.78 is 30.5. The van der Waals surface area contributed by atoms with Crippen LogP contribution in [0.3, 0.4) is 0 Å². The van der Waals surface area contributed by atoms with Crippen LogP contribution in [0.15, 0.2) is 12.7 Å². The summed E-state index contributed by atoms with van der Waals surface area (Å²) in [6, 6.07) is 0. The predicted molar refractivity (Wildman–Crippen MR) is 170 cm³/mol. The highest BCUT2D eigenvalue weighted by molar-refractivity contribution is 8.34. The fourth-order valence-corrected chi connectivity index (χ4v) is 8.69. The van der Waals surface area contributed by atoms with Gasteiger partial charge in [-0.25, -0.2) is 25.0 Å². The molecule has 2 aromatic heterocycles. The lowest BCUT2D eigenvalue weighted by molar-refractivity contribution is 0.0688. The molecule has 0 aliphatic carbocycles. The first-order chi connectivity index (χ1) is 19.8. The molecule has 236 valence electrons. The van der Waals surface area contributed by atoms with Crippen molar-refractivity contribution in [2.24, 2.45) is 0 Å². The van der Waals surface area contributed by atoms with Gasteiger partial charge in [-0.05, 0) is 56.1 Å². The molecule has 1 unspecified atom stereocenters. The minimum atomic E-state index is -3.84. The number of hydrogen-bond donors (Lipinski definition) is 2. The van der Waals surface area contributed by atoms with E-state index < -0.39 is 7.60 Å². The minimum absolute atomic E-state index is 0.126. The van der Waals surface area contributed by atoms with Crippen LogP contribution in [0.4, 0.5) is 5.82 Å². The molecule has 1 fully saturated rings. The van der Waals surface area contributed by atoms with Gasteiger partial charge < -0.3 is 29.2 Å². The molecule has 1 saturated heterocycles. The first-order valence-corrected chi connectivity index (χ1v) is 19.9. The number of ether oxygens (including phenoxy) is 2. The van der Waals surface area contributed by atoms with Crippen LogP contribution in [0.5, 0.6) is 0 Å². The maximum absolute atomic E-state index is 12.3. The van der Waals surface area contributed by atoms with Crippen LogP contribution in [0.2, 0.25) is 0 Å². The first kappa shape index (κ1) is 34.3. The maximum Gasteiger partial charge on any atom is 0.353 e. The summed E-state index contributed by atoms with van der Waals surface area (Å²) in [4.78, 5) is 22.4. The topological polar surface area (TPSA) is 135 Å². The molecular formula is C29H54N5O5PS. The lowest BCUT2D eigenvalue weighted by atomic mass is 10.1. The van der Waals surface area contributed by atoms with Crippen molar-refractivity contribution in [1.29, 1.82) is 0 Å². The largest absolute Gasteiger partial charge is 0.382 e. The number of anilines is 1. The Kier molecular flexibility index (Phi) is 15.4. The molecule has 3 heterocycles. The van der Waals surface area contributed by atoms with E-state index in [1.165, 1.54) is 82.7 Å². The Balaban J connectivity index is 1.07. The highest BCUT2D eigenvalue weighted by Gasteiger charge is 2.25. The van der Waals surface area contributed by atoms with Crippen molar-refractivity contribution in [2.45, 2.75) is 103 Å². The summed E-state index contributed by atoms with van der Waals surface area (Å²) in [5, 5.41) is 0. The zero-order chi connectivity index (χ0) is 29.4. The third-order valence-electron chi connectivity index (χ3n) is 7.83. The van der Waals surface area contributed by atoms with Crippen LogP contribution in [0.1, 0.15) is 90.4 Å². The molecule has 1 aliphatic rings. The highest BCUT2D eigenvalue weighted by Crippen LogP contribution is 2.53. The Bertz CT molecular complexity index is 1050. The van der Waals surface area contributed by atoms with Gasteiger partial charge in [0.05, 0.1) is 25.6 Å². The van der Waals surface area contributed by atoms with Crippen molar-refractivity contribution in [3.8, 4) is 0 Å². The monoisotopic (exact) mass is 615 g/mol. The van der Waals surface area contributed by atoms with Gasteiger partial charge in [-0.3, -0.25) is 4.57 Å². The van der Waals surface area contributed by atoms with Crippen LogP contribution in [-0.4, -0.2) is 80.2 Å². The smallest absolute Gasteiger partial charge is 0.353 e. The van der Waals surface area contributed by atoms with Crippen LogP contribution in [0, 0.1) is 0 Å². The van der Waals surface area contributed by atoms with Gasteiger partial charge in [0.15, 0.2) is 11.5 Å². The summed E-state index contributed by atoms with van der Waals surface area (Å²) in [7, 11) is -3.96. The quantitative estimate of drug-likeness (QED) is 0.100. The van der Waals surface area contributed by atoms with E-state index in [1.54, 1.807) is 22.4 Å². The standard InChI is InChI=1S/C29H54N5O5PS/c1-26(22-34-24-33-27-28(30)31-23-32-29(27)34)38-25-40(35,36)39-18-14-17-37-16-12-10-8-6-4-3-5-7-9-11-13-19-41(2)20-15-21-41/h23-24,26H,3-22,25H2,1-2H3,(H,35,36)(H2,30,31,32)/t26-/m1/s1. The van der Waals surface area contributed by atoms with Crippen LogP contribution in [-0.2, 0) is 25.1 Å². The molecule has 3 N–H and O–H groups in total. The first-order valence-electron chi connectivity index (χ1n) is 15.6. The number of nitrogen functional groups attached to an aromatic ring is 1. The van der Waals surface area contributed by atoms with Crippen molar-refractivity contribution in [2.75, 3.05) is 55.4 Å². The van der Waals surface area contributed by atoms with Gasteiger partial charge in [-0.15, -0.1) is 0 Å². The Morgan fingerprint density at radius 1 is 0.951 bits per heavy atom. The summed E-state index contributed by atoms with van der Waals surface area (Å²) in [6.07, 6.45) is 21.6. The van der Waals surface area contributed by atoms with E-state index in [0.29, 0.717) is 36.6 Å². The van der Waals surface area contributed by atoms with Gasteiger partial charge in [0, 0.05) is 13.2 Å². The van der Waals surface area contributed by atoms with E-state index in [-0.39, 0.29) is 29.1 Å². The molecule has 0 bridgehead atoms. The molecule has 2 aromatic rings. The molecule has 0 saturated carbocycles. The molecule has 3 rings (SSSR count). The van der Waals surface area contributed by atoms with E-state index in [4.69, 9.17) is 19.7 Å². The normalized spacial score (nSPS) is 17.7. The summed E-state index contributed by atoms with van der Waals surface area (Å²) in [5.74, 6) is 4.93. The number of unbranched alkanes of at least 4 members (excludes halogenated alkanes) is 10. The molecule has 0 aromatic carbocycles. The van der Waals surface area contributed by atoms with E-state index >= 15 is 0 Å². The number of hydrogen-bond acceptors (Lipinski definition) is 8. The van der Waals surface area contributed by atoms with Gasteiger partial charge >= 0.3 is 7.60 Å². The fourth-order valence-electron chi connectivity index (χ4n) is 5.18. The zero-order valence-electron chi connectivity index (χ0n) is 25.4. The number of aromatic nitrogens is 4. The van der Waals surface area contributed by atoms with Gasteiger partial charge in [-0.1, -0.05) is 57.8 Å². The van der Waals surface area contributed by atoms with Crippen LogP contribution >= 0.6 is 17.6 Å². The van der Waals surface area contributed by atoms with Gasteiger partial charge in [-0.2, -0.15) is 0 Å². The second-order valence-corrected chi connectivity index (χ2v) is 17.7. The van der Waals surface area contributed by atoms with Crippen LogP contribution < -0.4 is 5.73 Å². The van der Waals surface area contributed by atoms with Crippen molar-refractivity contribution >= 4 is 34.6 Å². The lowest BCUT2D eigenvalue weighted by Crippen LogP contribution is -2.22. The summed E-state index contributed by atoms with van der Waals surface area (Å²) in [6.45, 7) is 3.63. The summed E-state index contributed by atoms with van der Waals surface area (Å²) in [5.41, 5.74) is 6.93. The average Bonchev–Trinajstić information content (AvgIpc) is 3.34. The van der Waals surface area contributed by atoms with E-state index in [1.807, 2.05) is 6.92 Å². The van der Waals surface area contributed by atoms with E-state index in [2.05, 4.69) is 21.2 Å². The number of nitrogens with two attached hydrogens (primary N) is 1. The second kappa shape index (κ2) is 18.4. The number of fused-ring (bicyclic) bond motifs is 1. The SMILES string of the molecule is C[C@H](Cn1cnc2c(N)ncnc21)OCP(=O)(O)OCCCOCCCCCCCCCCCCCS1(C)CCC1. The maximum atomic E-state index is 12.3. The molecule has 10 nitrogen and oxygen atoms in total. The molecule has 12 heteroatoms. The van der Waals surface area contributed by atoms with Gasteiger partial charge in [0.25, 0.3) is 0 Å². The second-order valence-electron chi connectivity index (χ2n) is 11.7. The average molecular weight is 616 g/mol. The van der Waals surface area contributed by atoms with Gasteiger partial charge in [0.2, 0.25) is 0 Å². The molecule has 2 atom stereocenters. The van der Waals surface area contributed by atoms with E-state index in [0.717, 1.165) is 13.0 Å². The number of rotatable bonds is 24. The lowest BCUT2D eigenvalue weighted by Gasteiger charge is -2.44. The van der Waals surface area contributed by atoms with Crippen molar-refractivity contribution in [3.63, 3.8) is 0 Å². The molecule has 0 spiro atoms. The fraction of sp³-hybridized carbons (Fsp3) is 0.828. The minimum Gasteiger partial charge on any atom is -0.382 e. The van der Waals surface area contributed by atoms with Crippen LogP contribution in [0.25, 0.3) is 11.2 Å². The summed E-state index contributed by atoms with van der Waals surface area (Å²) >= 11 is 0. The molecule has 41 heavy (non-hydrogen) atoms. The number of nitrogens with zero attached hydrogens (tertiary/aromatic N) is 4. The van der Waals surface area contributed by atoms with Crippen molar-refractivity contribution < 1.29 is 23.5 Å². The Morgan fingerprint density at radius 2 is 1.59 bits per heavy atom. The highest BCUT2D eigenvalue weighted by atomic mass is 32.3. The number of imidazole rings is 1. The Hall–Kier alpha value is -1.23. The predicted octanol–water partition coefficient (Wildman–Crippen LogP) is 6.51. The molecule has 1 aliphatic heterocycles. The Labute approximate surface area is 248 Å². The Morgan fingerprint density at radius 3 is 2.24 bits per heavy atom. The molecule has 0 radical (unpaired) electrons. The third kappa shape index (κ3) is 13.3. The molecule has 0 amide bonds.